The molecule has 2 N–H and O–H groups in total. The Hall–Kier alpha value is -3.35. The van der Waals surface area contributed by atoms with E-state index in [4.69, 9.17) is 9.84 Å². The number of nitrogens with zero attached hydrogens (tertiary/aromatic N) is 1. The number of carboxylic acid groups (broad SMARTS) is 1. The average Bonchev–Trinajstić information content (AvgIpc) is 3.18. The summed E-state index contributed by atoms with van der Waals surface area (Å²) in [5.41, 5.74) is 4.78. The highest BCUT2D eigenvalue weighted by atomic mass is 16.5. The maximum Gasteiger partial charge on any atom is 0.407 e. The molecule has 1 saturated heterocycles. The molecule has 1 fully saturated rings. The maximum atomic E-state index is 12.4. The molecule has 2 aromatic rings. The first-order valence-corrected chi connectivity index (χ1v) is 12.6. The summed E-state index contributed by atoms with van der Waals surface area (Å²) in [4.78, 5) is 37.4. The fourth-order valence-electron chi connectivity index (χ4n) is 5.28. The van der Waals surface area contributed by atoms with Crippen LogP contribution in [0.25, 0.3) is 11.1 Å². The maximum absolute atomic E-state index is 12.4. The van der Waals surface area contributed by atoms with Crippen LogP contribution in [0.2, 0.25) is 0 Å². The van der Waals surface area contributed by atoms with Crippen molar-refractivity contribution >= 4 is 18.0 Å². The van der Waals surface area contributed by atoms with Crippen molar-refractivity contribution in [1.82, 2.24) is 10.2 Å². The number of hydrogen-bond acceptors (Lipinski definition) is 4. The Labute approximate surface area is 206 Å². The second kappa shape index (κ2) is 11.9. The van der Waals surface area contributed by atoms with E-state index in [9.17, 15) is 14.4 Å². The van der Waals surface area contributed by atoms with Crippen molar-refractivity contribution in [2.45, 2.75) is 50.9 Å². The number of carbonyl (C=O) groups is 3. The number of piperidine rings is 1. The fraction of sp³-hybridized carbons (Fsp3) is 0.464. The van der Waals surface area contributed by atoms with Crippen LogP contribution in [0, 0.1) is 5.92 Å². The lowest BCUT2D eigenvalue weighted by Gasteiger charge is -2.32. The van der Waals surface area contributed by atoms with Crippen LogP contribution >= 0.6 is 0 Å². The number of ether oxygens (including phenoxy) is 1. The highest BCUT2D eigenvalue weighted by molar-refractivity contribution is 5.79. The quantitative estimate of drug-likeness (QED) is 0.478. The van der Waals surface area contributed by atoms with E-state index in [1.54, 1.807) is 0 Å². The number of benzene rings is 2. The number of fused-ring (bicyclic) bond motifs is 3. The summed E-state index contributed by atoms with van der Waals surface area (Å²) in [5, 5.41) is 11.8. The minimum atomic E-state index is -0.798. The zero-order chi connectivity index (χ0) is 24.6. The molecule has 0 aromatic heterocycles. The van der Waals surface area contributed by atoms with Gasteiger partial charge in [0.05, 0.1) is 0 Å². The van der Waals surface area contributed by atoms with Crippen LogP contribution in [0.5, 0.6) is 0 Å². The van der Waals surface area contributed by atoms with Gasteiger partial charge in [0, 0.05) is 38.4 Å². The number of unbranched alkanes of at least 4 members (excludes halogenated alkanes) is 2. The van der Waals surface area contributed by atoms with Gasteiger partial charge in [-0.3, -0.25) is 9.59 Å². The molecule has 1 atom stereocenters. The lowest BCUT2D eigenvalue weighted by molar-refractivity contribution is -0.140. The Morgan fingerprint density at radius 1 is 0.971 bits per heavy atom. The van der Waals surface area contributed by atoms with Gasteiger partial charge in [-0.1, -0.05) is 55.0 Å². The number of nitrogens with one attached hydrogen (secondary N) is 1. The highest BCUT2D eigenvalue weighted by Crippen LogP contribution is 2.44. The number of aliphatic carboxylic acids is 1. The third-order valence-electron chi connectivity index (χ3n) is 7.02. The first kappa shape index (κ1) is 24.8. The molecule has 4 rings (SSSR count). The smallest absolute Gasteiger partial charge is 0.407 e. The molecule has 7 heteroatoms. The number of carbonyl (C=O) groups excluding carboxylic acids is 2. The zero-order valence-corrected chi connectivity index (χ0v) is 20.1. The van der Waals surface area contributed by atoms with Crippen LogP contribution in [0.4, 0.5) is 4.79 Å². The third-order valence-corrected chi connectivity index (χ3v) is 7.02. The summed E-state index contributed by atoms with van der Waals surface area (Å²) in [7, 11) is 0. The van der Waals surface area contributed by atoms with Crippen LogP contribution in [-0.2, 0) is 14.3 Å². The van der Waals surface area contributed by atoms with Gasteiger partial charge in [0.2, 0.25) is 5.91 Å². The average molecular weight is 479 g/mol. The fourth-order valence-corrected chi connectivity index (χ4v) is 5.28. The monoisotopic (exact) mass is 478 g/mol. The molecule has 1 aliphatic heterocycles. The molecule has 0 saturated carbocycles. The zero-order valence-electron chi connectivity index (χ0n) is 20.1. The lowest BCUT2D eigenvalue weighted by atomic mass is 9.94. The van der Waals surface area contributed by atoms with Crippen molar-refractivity contribution in [3.05, 3.63) is 59.7 Å². The van der Waals surface area contributed by atoms with Crippen molar-refractivity contribution in [3.8, 4) is 11.1 Å². The summed E-state index contributed by atoms with van der Waals surface area (Å²) >= 11 is 0. The van der Waals surface area contributed by atoms with E-state index in [0.29, 0.717) is 26.1 Å². The largest absolute Gasteiger partial charge is 0.481 e. The van der Waals surface area contributed by atoms with Gasteiger partial charge in [-0.05, 0) is 53.9 Å². The number of amides is 2. The number of likely N-dealkylation sites (tertiary alicyclic amines) is 1. The molecule has 2 aliphatic rings. The minimum absolute atomic E-state index is 0.0454. The van der Waals surface area contributed by atoms with E-state index in [2.05, 4.69) is 29.6 Å². The highest BCUT2D eigenvalue weighted by Gasteiger charge is 2.29. The Morgan fingerprint density at radius 2 is 1.66 bits per heavy atom. The minimum Gasteiger partial charge on any atom is -0.481 e. The Bertz CT molecular complexity index is 1010. The van der Waals surface area contributed by atoms with Crippen molar-refractivity contribution < 1.29 is 24.2 Å². The molecule has 2 amide bonds. The van der Waals surface area contributed by atoms with E-state index >= 15 is 0 Å². The predicted molar refractivity (Wildman–Crippen MR) is 133 cm³/mol. The summed E-state index contributed by atoms with van der Waals surface area (Å²) < 4.78 is 5.55. The molecular weight excluding hydrogens is 444 g/mol. The summed E-state index contributed by atoms with van der Waals surface area (Å²) in [5.74, 6) is -0.589. The number of carboxylic acids is 1. The van der Waals surface area contributed by atoms with E-state index in [-0.39, 0.29) is 24.2 Å². The molecule has 0 radical (unpaired) electrons. The molecular formula is C28H34N2O5. The van der Waals surface area contributed by atoms with Gasteiger partial charge in [-0.15, -0.1) is 0 Å². The van der Waals surface area contributed by atoms with Gasteiger partial charge in [0.25, 0.3) is 0 Å². The second-order valence-corrected chi connectivity index (χ2v) is 9.51. The van der Waals surface area contributed by atoms with Crippen LogP contribution in [-0.4, -0.2) is 54.2 Å². The second-order valence-electron chi connectivity index (χ2n) is 9.51. The normalized spacial score (nSPS) is 16.9. The molecule has 1 heterocycles. The predicted octanol–water partition coefficient (Wildman–Crippen LogP) is 4.80. The third kappa shape index (κ3) is 6.41. The van der Waals surface area contributed by atoms with Crippen molar-refractivity contribution in [2.75, 3.05) is 26.2 Å². The standard InChI is InChI=1S/C28H34N2O5/c31-26(30-16-8-9-20(18-30)17-27(32)33)14-2-1-7-15-29-28(34)35-19-25-23-12-5-3-10-21(23)22-11-4-6-13-24(22)25/h3-6,10-13,20,25H,1-2,7-9,14-19H2,(H,29,34)(H,32,33). The summed E-state index contributed by atoms with van der Waals surface area (Å²) in [6, 6.07) is 16.5. The van der Waals surface area contributed by atoms with Gasteiger partial charge >= 0.3 is 12.1 Å². The Balaban J connectivity index is 1.12. The van der Waals surface area contributed by atoms with Gasteiger partial charge in [0.15, 0.2) is 0 Å². The first-order valence-electron chi connectivity index (χ1n) is 12.6. The topological polar surface area (TPSA) is 95.9 Å². The van der Waals surface area contributed by atoms with E-state index in [1.165, 1.54) is 22.3 Å². The molecule has 7 nitrogen and oxygen atoms in total. The van der Waals surface area contributed by atoms with E-state index in [0.717, 1.165) is 38.6 Å². The van der Waals surface area contributed by atoms with Gasteiger partial charge in [0.1, 0.15) is 6.61 Å². The van der Waals surface area contributed by atoms with Crippen LogP contribution in [0.15, 0.2) is 48.5 Å². The van der Waals surface area contributed by atoms with Gasteiger partial charge < -0.3 is 20.1 Å². The molecule has 2 aromatic carbocycles. The molecule has 1 aliphatic carbocycles. The first-order chi connectivity index (χ1) is 17.0. The molecule has 35 heavy (non-hydrogen) atoms. The van der Waals surface area contributed by atoms with Gasteiger partial charge in [-0.2, -0.15) is 0 Å². The van der Waals surface area contributed by atoms with Crippen molar-refractivity contribution in [3.63, 3.8) is 0 Å². The molecule has 1 unspecified atom stereocenters. The van der Waals surface area contributed by atoms with Crippen molar-refractivity contribution in [1.29, 1.82) is 0 Å². The Morgan fingerprint density at radius 3 is 2.34 bits per heavy atom. The van der Waals surface area contributed by atoms with E-state index in [1.807, 2.05) is 29.2 Å². The Kier molecular flexibility index (Phi) is 8.40. The van der Waals surface area contributed by atoms with Crippen LogP contribution in [0.1, 0.15) is 62.0 Å². The molecule has 0 bridgehead atoms. The van der Waals surface area contributed by atoms with Crippen molar-refractivity contribution in [2.24, 2.45) is 5.92 Å². The number of hydrogen-bond donors (Lipinski definition) is 2. The summed E-state index contributed by atoms with van der Waals surface area (Å²) in [6.07, 6.45) is 4.29. The lowest BCUT2D eigenvalue weighted by Crippen LogP contribution is -2.40. The van der Waals surface area contributed by atoms with Crippen LogP contribution < -0.4 is 5.32 Å². The van der Waals surface area contributed by atoms with E-state index < -0.39 is 12.1 Å². The summed E-state index contributed by atoms with van der Waals surface area (Å²) in [6.45, 7) is 2.08. The molecule has 186 valence electrons. The SMILES string of the molecule is O=C(O)CC1CCCN(C(=O)CCCCCNC(=O)OCC2c3ccccc3-c3ccccc32)C1. The van der Waals surface area contributed by atoms with Gasteiger partial charge in [-0.25, -0.2) is 4.79 Å². The molecule has 0 spiro atoms. The number of alkyl carbamates (subject to hydrolysis) is 1. The van der Waals surface area contributed by atoms with Crippen LogP contribution in [0.3, 0.4) is 0 Å². The number of rotatable bonds is 10.